The molecule has 3 aromatic rings. The number of halogens is 1. The van der Waals surface area contributed by atoms with E-state index in [-0.39, 0.29) is 23.7 Å². The predicted octanol–water partition coefficient (Wildman–Crippen LogP) is 1.06. The number of nitrogen functional groups attached to an aromatic ring is 1. The molecule has 11 nitrogen and oxygen atoms in total. The Balaban J connectivity index is 1.84. The van der Waals surface area contributed by atoms with E-state index in [0.717, 1.165) is 3.57 Å². The normalized spacial score (nSPS) is 11.1. The van der Waals surface area contributed by atoms with Crippen molar-refractivity contribution in [1.82, 2.24) is 30.3 Å². The van der Waals surface area contributed by atoms with E-state index in [1.54, 1.807) is 5.48 Å². The molecule has 1 aromatic carbocycles. The number of hydrogen-bond donors (Lipinski definition) is 6. The van der Waals surface area contributed by atoms with Gasteiger partial charge < -0.3 is 25.8 Å². The number of phenolic OH excluding ortho intramolecular Hbond substituents is 2. The molecule has 0 aliphatic carbocycles. The molecule has 154 valence electrons. The second-order valence-corrected chi connectivity index (χ2v) is 8.06. The molecule has 0 radical (unpaired) electrons. The maximum absolute atomic E-state index is 11.1. The number of nitrogens with one attached hydrogen (secondary N) is 2. The van der Waals surface area contributed by atoms with Crippen molar-refractivity contribution in [2.24, 2.45) is 0 Å². The number of aromatic hydroxyl groups is 2. The lowest BCUT2D eigenvalue weighted by molar-refractivity contribution is -0.129. The molecular weight excluding hydrogens is 513 g/mol. The van der Waals surface area contributed by atoms with Crippen molar-refractivity contribution in [2.45, 2.75) is 23.0 Å². The fourth-order valence-corrected chi connectivity index (χ4v) is 4.23. The van der Waals surface area contributed by atoms with Gasteiger partial charge in [0.05, 0.1) is 0 Å². The minimum atomic E-state index is -0.468. The maximum atomic E-state index is 11.1. The minimum absolute atomic E-state index is 0.142. The summed E-state index contributed by atoms with van der Waals surface area (Å²) in [4.78, 5) is 24.6. The van der Waals surface area contributed by atoms with Crippen LogP contribution < -0.4 is 16.5 Å². The summed E-state index contributed by atoms with van der Waals surface area (Å²) >= 11 is 3.36. The van der Waals surface area contributed by atoms with Crippen LogP contribution in [0.15, 0.2) is 28.5 Å². The third-order valence-electron chi connectivity index (χ3n) is 3.92. The Morgan fingerprint density at radius 2 is 2.00 bits per heavy atom. The van der Waals surface area contributed by atoms with E-state index < -0.39 is 5.91 Å². The highest BCUT2D eigenvalue weighted by molar-refractivity contribution is 14.1. The molecule has 0 fully saturated rings. The zero-order valence-electron chi connectivity index (χ0n) is 15.0. The number of rotatable bonds is 8. The van der Waals surface area contributed by atoms with Gasteiger partial charge in [-0.1, -0.05) is 11.8 Å². The highest BCUT2D eigenvalue weighted by Gasteiger charge is 2.18. The second-order valence-electron chi connectivity index (χ2n) is 5.89. The average molecular weight is 531 g/mol. The summed E-state index contributed by atoms with van der Waals surface area (Å²) in [6.07, 6.45) is 1.50. The number of phenols is 2. The molecule has 0 unspecified atom stereocenters. The molecule has 0 bridgehead atoms. The Hall–Kier alpha value is -2.36. The number of fused-ring (bicyclic) bond motifs is 1. The Morgan fingerprint density at radius 1 is 1.24 bits per heavy atom. The topological polar surface area (TPSA) is 171 Å². The van der Waals surface area contributed by atoms with Crippen LogP contribution in [0.2, 0.25) is 0 Å². The molecule has 2 aromatic heterocycles. The van der Waals surface area contributed by atoms with Crippen LogP contribution in [0, 0.1) is 3.57 Å². The number of imidazole rings is 1. The second kappa shape index (κ2) is 9.43. The number of hydrogen-bond acceptors (Lipinski definition) is 10. The molecule has 1 amide bonds. The molecule has 0 saturated carbocycles. The van der Waals surface area contributed by atoms with Crippen LogP contribution in [0.5, 0.6) is 11.5 Å². The smallest absolute Gasteiger partial charge is 0.244 e. The first kappa shape index (κ1) is 21.4. The lowest BCUT2D eigenvalue weighted by atomic mass is 10.3. The molecule has 2 heterocycles. The molecule has 3 rings (SSSR count). The number of hydroxylamine groups is 1. The molecular formula is C16H18IN7O4S. The summed E-state index contributed by atoms with van der Waals surface area (Å²) < 4.78 is 2.60. The van der Waals surface area contributed by atoms with E-state index in [9.17, 15) is 15.0 Å². The number of carbonyl (C=O) groups is 1. The first-order valence-corrected chi connectivity index (χ1v) is 10.3. The number of nitrogens with two attached hydrogens (primary N) is 1. The van der Waals surface area contributed by atoms with Gasteiger partial charge in [-0.15, -0.1) is 0 Å². The highest BCUT2D eigenvalue weighted by Crippen LogP contribution is 2.38. The highest BCUT2D eigenvalue weighted by atomic mass is 127. The molecule has 0 atom stereocenters. The van der Waals surface area contributed by atoms with Gasteiger partial charge in [0.15, 0.2) is 33.6 Å². The third-order valence-corrected chi connectivity index (χ3v) is 6.23. The summed E-state index contributed by atoms with van der Waals surface area (Å²) in [6.45, 7) is 1.39. The summed E-state index contributed by atoms with van der Waals surface area (Å²) in [6, 6.07) is 2.93. The van der Waals surface area contributed by atoms with Gasteiger partial charge in [0.2, 0.25) is 5.91 Å². The van der Waals surface area contributed by atoms with Crippen LogP contribution in [0.4, 0.5) is 5.82 Å². The van der Waals surface area contributed by atoms with Gasteiger partial charge in [0.25, 0.3) is 0 Å². The average Bonchev–Trinajstić information content (AvgIpc) is 3.04. The number of amides is 1. The quantitative estimate of drug-likeness (QED) is 0.0812. The fraction of sp³-hybridized carbons (Fsp3) is 0.250. The van der Waals surface area contributed by atoms with Gasteiger partial charge in [-0.3, -0.25) is 10.0 Å². The SMILES string of the molecule is Nc1ncnc2c1nc(Sc1cc(O)c(O)cc1I)n2CCNCCC(=O)NO. The van der Waals surface area contributed by atoms with Crippen molar-refractivity contribution in [1.29, 1.82) is 0 Å². The molecule has 0 saturated heterocycles. The Kier molecular flexibility index (Phi) is 6.94. The van der Waals surface area contributed by atoms with Crippen LogP contribution in [0.25, 0.3) is 11.2 Å². The lowest BCUT2D eigenvalue weighted by Crippen LogP contribution is -2.27. The first-order chi connectivity index (χ1) is 13.9. The first-order valence-electron chi connectivity index (χ1n) is 8.40. The van der Waals surface area contributed by atoms with Gasteiger partial charge in [-0.05, 0) is 34.7 Å². The van der Waals surface area contributed by atoms with Gasteiger partial charge in [0, 0.05) is 34.5 Å². The van der Waals surface area contributed by atoms with Gasteiger partial charge in [0.1, 0.15) is 6.33 Å². The summed E-state index contributed by atoms with van der Waals surface area (Å²) in [5.41, 5.74) is 8.55. The standard InChI is InChI=1S/C16H18IN7O4S/c17-8-5-9(25)10(26)6-11(8)29-16-22-13-14(18)20-7-21-15(13)24(16)4-3-19-2-1-12(27)23-28/h5-7,19,25-26,28H,1-4H2,(H,23,27)(H2,18,20,21). The summed E-state index contributed by atoms with van der Waals surface area (Å²) in [5.74, 6) is -0.632. The van der Waals surface area contributed by atoms with E-state index in [0.29, 0.717) is 40.9 Å². The van der Waals surface area contributed by atoms with Crippen molar-refractivity contribution in [3.8, 4) is 11.5 Å². The largest absolute Gasteiger partial charge is 0.504 e. The Labute approximate surface area is 182 Å². The molecule has 13 heteroatoms. The van der Waals surface area contributed by atoms with Crippen molar-refractivity contribution in [3.05, 3.63) is 22.0 Å². The van der Waals surface area contributed by atoms with Crippen molar-refractivity contribution in [3.63, 3.8) is 0 Å². The number of benzene rings is 1. The lowest BCUT2D eigenvalue weighted by Gasteiger charge is -2.10. The van der Waals surface area contributed by atoms with Crippen molar-refractivity contribution < 1.29 is 20.2 Å². The van der Waals surface area contributed by atoms with Crippen molar-refractivity contribution >= 4 is 57.2 Å². The molecule has 29 heavy (non-hydrogen) atoms. The Bertz CT molecular complexity index is 1050. The summed E-state index contributed by atoms with van der Waals surface area (Å²) in [7, 11) is 0. The molecule has 0 aliphatic heterocycles. The number of aromatic nitrogens is 4. The van der Waals surface area contributed by atoms with Gasteiger partial charge >= 0.3 is 0 Å². The zero-order valence-corrected chi connectivity index (χ0v) is 17.9. The molecule has 0 spiro atoms. The van der Waals surface area contributed by atoms with Crippen LogP contribution in [0.3, 0.4) is 0 Å². The fourth-order valence-electron chi connectivity index (χ4n) is 2.50. The third kappa shape index (κ3) is 4.98. The van der Waals surface area contributed by atoms with E-state index >= 15 is 0 Å². The van der Waals surface area contributed by atoms with E-state index in [4.69, 9.17) is 10.9 Å². The maximum Gasteiger partial charge on any atom is 0.244 e. The van der Waals surface area contributed by atoms with Crippen LogP contribution in [-0.2, 0) is 11.3 Å². The van der Waals surface area contributed by atoms with Crippen LogP contribution in [0.1, 0.15) is 6.42 Å². The van der Waals surface area contributed by atoms with E-state index in [1.165, 1.54) is 30.2 Å². The molecule has 7 N–H and O–H groups in total. The summed E-state index contributed by atoms with van der Waals surface area (Å²) in [5, 5.41) is 31.7. The predicted molar refractivity (Wildman–Crippen MR) is 114 cm³/mol. The number of carbonyl (C=O) groups excluding carboxylic acids is 1. The van der Waals surface area contributed by atoms with Crippen molar-refractivity contribution in [2.75, 3.05) is 18.8 Å². The minimum Gasteiger partial charge on any atom is -0.504 e. The Morgan fingerprint density at radius 3 is 2.76 bits per heavy atom. The van der Waals surface area contributed by atoms with E-state index in [1.807, 2.05) is 4.57 Å². The van der Waals surface area contributed by atoms with Crippen LogP contribution in [-0.4, -0.2) is 53.9 Å². The number of anilines is 1. The zero-order chi connectivity index (χ0) is 21.0. The van der Waals surface area contributed by atoms with E-state index in [2.05, 4.69) is 42.9 Å². The van der Waals surface area contributed by atoms with Gasteiger partial charge in [-0.25, -0.2) is 20.4 Å². The molecule has 0 aliphatic rings. The van der Waals surface area contributed by atoms with Gasteiger partial charge in [-0.2, -0.15) is 0 Å². The monoisotopic (exact) mass is 531 g/mol. The number of nitrogens with zero attached hydrogens (tertiary/aromatic N) is 4. The van der Waals surface area contributed by atoms with Crippen LogP contribution >= 0.6 is 34.4 Å².